The molecule has 0 radical (unpaired) electrons. The van der Waals surface area contributed by atoms with E-state index < -0.39 is 0 Å². The normalized spacial score (nSPS) is 14.6. The average Bonchev–Trinajstić information content (AvgIpc) is 2.62. The van der Waals surface area contributed by atoms with Gasteiger partial charge in [-0.15, -0.1) is 0 Å². The predicted octanol–water partition coefficient (Wildman–Crippen LogP) is 2.24. The van der Waals surface area contributed by atoms with Crippen molar-refractivity contribution in [3.63, 3.8) is 0 Å². The maximum atomic E-state index is 6.11. The van der Waals surface area contributed by atoms with Crippen LogP contribution >= 0.6 is 0 Å². The van der Waals surface area contributed by atoms with Crippen LogP contribution < -0.4 is 10.6 Å². The van der Waals surface area contributed by atoms with Crippen molar-refractivity contribution in [3.05, 3.63) is 11.3 Å². The molecule has 0 amide bonds. The Bertz CT molecular complexity index is 383. The largest absolute Gasteiger partial charge is 0.357 e. The van der Waals surface area contributed by atoms with Crippen LogP contribution in [-0.2, 0) is 13.5 Å². The lowest BCUT2D eigenvalue weighted by atomic mass is 10.0. The quantitative estimate of drug-likeness (QED) is 0.844. The summed E-state index contributed by atoms with van der Waals surface area (Å²) in [5.74, 6) is 1.21. The van der Waals surface area contributed by atoms with E-state index in [0.717, 1.165) is 25.0 Å². The number of aromatic nitrogens is 2. The van der Waals surface area contributed by atoms with E-state index in [4.69, 9.17) is 5.73 Å². The molecule has 4 heteroatoms. The second-order valence-electron chi connectivity index (χ2n) is 5.25. The number of aryl methyl sites for hydroxylation is 2. The smallest absolute Gasteiger partial charge is 0.130 e. The van der Waals surface area contributed by atoms with Crippen LogP contribution in [0.25, 0.3) is 0 Å². The molecule has 1 heterocycles. The summed E-state index contributed by atoms with van der Waals surface area (Å²) in [5.41, 5.74) is 8.51. The maximum absolute atomic E-state index is 6.11. The molecule has 4 nitrogen and oxygen atoms in total. The molecule has 0 saturated carbocycles. The monoisotopic (exact) mass is 252 g/mol. The summed E-state index contributed by atoms with van der Waals surface area (Å²) in [6.07, 6.45) is 3.03. The molecule has 0 aromatic carbocycles. The summed E-state index contributed by atoms with van der Waals surface area (Å²) < 4.78 is 1.99. The highest BCUT2D eigenvalue weighted by Gasteiger charge is 2.20. The number of nitrogens with two attached hydrogens (primary N) is 1. The van der Waals surface area contributed by atoms with Crippen LogP contribution in [0.2, 0.25) is 0 Å². The van der Waals surface area contributed by atoms with Crippen LogP contribution in [0.1, 0.15) is 44.9 Å². The Balaban J connectivity index is 3.09. The summed E-state index contributed by atoms with van der Waals surface area (Å²) in [5, 5.41) is 4.56. The molecule has 0 aliphatic heterocycles. The Hall–Kier alpha value is -1.03. The van der Waals surface area contributed by atoms with Crippen molar-refractivity contribution < 1.29 is 0 Å². The van der Waals surface area contributed by atoms with E-state index in [-0.39, 0.29) is 6.04 Å². The number of rotatable bonds is 6. The zero-order valence-electron chi connectivity index (χ0n) is 12.7. The molecule has 0 spiro atoms. The zero-order chi connectivity index (χ0) is 13.9. The molecule has 2 atom stereocenters. The van der Waals surface area contributed by atoms with Gasteiger partial charge in [0.15, 0.2) is 0 Å². The van der Waals surface area contributed by atoms with E-state index in [9.17, 15) is 0 Å². The highest BCUT2D eigenvalue weighted by atomic mass is 15.4. The van der Waals surface area contributed by atoms with E-state index >= 15 is 0 Å². The Morgan fingerprint density at radius 3 is 2.44 bits per heavy atom. The number of hydrogen-bond donors (Lipinski definition) is 1. The van der Waals surface area contributed by atoms with Crippen molar-refractivity contribution in [2.45, 2.75) is 59.0 Å². The van der Waals surface area contributed by atoms with Gasteiger partial charge in [-0.1, -0.05) is 13.8 Å². The van der Waals surface area contributed by atoms with Crippen LogP contribution in [0.15, 0.2) is 0 Å². The molecular formula is C14H28N4. The molecule has 1 aromatic heterocycles. The minimum absolute atomic E-state index is 0.219. The van der Waals surface area contributed by atoms with Gasteiger partial charge >= 0.3 is 0 Å². The van der Waals surface area contributed by atoms with Crippen molar-refractivity contribution in [2.75, 3.05) is 11.9 Å². The van der Waals surface area contributed by atoms with E-state index in [2.05, 4.69) is 44.7 Å². The van der Waals surface area contributed by atoms with Crippen molar-refractivity contribution in [1.82, 2.24) is 9.78 Å². The third-order valence-corrected chi connectivity index (χ3v) is 3.89. The van der Waals surface area contributed by atoms with E-state index in [1.54, 1.807) is 0 Å². The molecule has 0 saturated heterocycles. The van der Waals surface area contributed by atoms with Gasteiger partial charge in [-0.25, -0.2) is 0 Å². The highest BCUT2D eigenvalue weighted by molar-refractivity contribution is 5.50. The molecule has 0 fully saturated rings. The van der Waals surface area contributed by atoms with Crippen LogP contribution in [0.5, 0.6) is 0 Å². The predicted molar refractivity (Wildman–Crippen MR) is 78.1 cm³/mol. The van der Waals surface area contributed by atoms with Crippen molar-refractivity contribution in [2.24, 2.45) is 12.8 Å². The van der Waals surface area contributed by atoms with Gasteiger partial charge in [0.25, 0.3) is 0 Å². The van der Waals surface area contributed by atoms with E-state index in [1.807, 2.05) is 11.7 Å². The molecule has 0 aliphatic carbocycles. The van der Waals surface area contributed by atoms with Gasteiger partial charge in [-0.05, 0) is 33.1 Å². The molecular weight excluding hydrogens is 224 g/mol. The highest BCUT2D eigenvalue weighted by Crippen LogP contribution is 2.26. The Morgan fingerprint density at radius 2 is 1.94 bits per heavy atom. The van der Waals surface area contributed by atoms with Crippen LogP contribution in [0.4, 0.5) is 5.82 Å². The first kappa shape index (κ1) is 15.0. The van der Waals surface area contributed by atoms with Gasteiger partial charge in [0.1, 0.15) is 5.82 Å². The molecule has 104 valence electrons. The lowest BCUT2D eigenvalue weighted by Gasteiger charge is -2.27. The summed E-state index contributed by atoms with van der Waals surface area (Å²) in [6.45, 7) is 8.66. The van der Waals surface area contributed by atoms with Crippen molar-refractivity contribution >= 4 is 5.82 Å². The molecule has 1 aromatic rings. The fraction of sp³-hybridized carbons (Fsp3) is 0.786. The minimum atomic E-state index is 0.219. The Labute approximate surface area is 111 Å². The van der Waals surface area contributed by atoms with Gasteiger partial charge in [-0.2, -0.15) is 5.10 Å². The van der Waals surface area contributed by atoms with Crippen molar-refractivity contribution in [1.29, 1.82) is 0 Å². The fourth-order valence-corrected chi connectivity index (χ4v) is 2.26. The summed E-state index contributed by atoms with van der Waals surface area (Å²) in [6, 6.07) is 0.730. The molecule has 18 heavy (non-hydrogen) atoms. The molecule has 0 aliphatic rings. The lowest BCUT2D eigenvalue weighted by molar-refractivity contribution is 0.616. The zero-order valence-corrected chi connectivity index (χ0v) is 12.7. The van der Waals surface area contributed by atoms with Crippen LogP contribution in [-0.4, -0.2) is 28.9 Å². The standard InChI is InChI=1S/C14H28N4/c1-7-10(3)17(5)14-13(9-12(15)8-2)11(4)16-18(14)6/h10,12H,7-9,15H2,1-6H3. The van der Waals surface area contributed by atoms with Crippen LogP contribution in [0, 0.1) is 6.92 Å². The van der Waals surface area contributed by atoms with Crippen molar-refractivity contribution in [3.8, 4) is 0 Å². The third kappa shape index (κ3) is 3.05. The number of anilines is 1. The summed E-state index contributed by atoms with van der Waals surface area (Å²) in [4.78, 5) is 2.32. The van der Waals surface area contributed by atoms with Gasteiger partial charge in [0, 0.05) is 31.7 Å². The topological polar surface area (TPSA) is 47.1 Å². The molecule has 1 rings (SSSR count). The van der Waals surface area contributed by atoms with Gasteiger partial charge in [-0.3, -0.25) is 4.68 Å². The van der Waals surface area contributed by atoms with E-state index in [1.165, 1.54) is 11.4 Å². The second kappa shape index (κ2) is 6.23. The lowest BCUT2D eigenvalue weighted by Crippen LogP contribution is -2.31. The van der Waals surface area contributed by atoms with Gasteiger partial charge in [0.05, 0.1) is 5.69 Å². The second-order valence-corrected chi connectivity index (χ2v) is 5.25. The first-order valence-electron chi connectivity index (χ1n) is 6.93. The van der Waals surface area contributed by atoms with Gasteiger partial charge < -0.3 is 10.6 Å². The first-order valence-corrected chi connectivity index (χ1v) is 6.93. The van der Waals surface area contributed by atoms with Crippen LogP contribution in [0.3, 0.4) is 0 Å². The fourth-order valence-electron chi connectivity index (χ4n) is 2.26. The number of hydrogen-bond acceptors (Lipinski definition) is 3. The molecule has 2 unspecified atom stereocenters. The first-order chi connectivity index (χ1) is 8.42. The maximum Gasteiger partial charge on any atom is 0.130 e. The molecule has 0 bridgehead atoms. The van der Waals surface area contributed by atoms with E-state index in [0.29, 0.717) is 6.04 Å². The minimum Gasteiger partial charge on any atom is -0.357 e. The number of nitrogens with zero attached hydrogens (tertiary/aromatic N) is 3. The average molecular weight is 252 g/mol. The third-order valence-electron chi connectivity index (χ3n) is 3.89. The molecule has 2 N–H and O–H groups in total. The Morgan fingerprint density at radius 1 is 1.33 bits per heavy atom. The van der Waals surface area contributed by atoms with Gasteiger partial charge in [0.2, 0.25) is 0 Å². The Kier molecular flexibility index (Phi) is 5.20. The summed E-state index contributed by atoms with van der Waals surface area (Å²) in [7, 11) is 4.16. The SMILES string of the molecule is CCC(N)Cc1c(C)nn(C)c1N(C)C(C)CC. The summed E-state index contributed by atoms with van der Waals surface area (Å²) >= 11 is 0.